The number of aromatic nitrogens is 1. The highest BCUT2D eigenvalue weighted by molar-refractivity contribution is 5.20. The van der Waals surface area contributed by atoms with Crippen LogP contribution in [0.25, 0.3) is 0 Å². The molecule has 106 valence electrons. The maximum atomic E-state index is 6.00. The predicted octanol–water partition coefficient (Wildman–Crippen LogP) is 3.54. The zero-order valence-corrected chi connectivity index (χ0v) is 12.2. The normalized spacial score (nSPS) is 23.3. The molecule has 0 radical (unpaired) electrons. The number of rotatable bonds is 6. The van der Waals surface area contributed by atoms with E-state index in [4.69, 9.17) is 4.74 Å². The summed E-state index contributed by atoms with van der Waals surface area (Å²) in [5, 5.41) is 3.35. The number of pyridine rings is 1. The largest absolute Gasteiger partial charge is 0.489 e. The van der Waals surface area contributed by atoms with Gasteiger partial charge >= 0.3 is 0 Å². The molecular weight excluding hydrogens is 236 g/mol. The third-order valence-corrected chi connectivity index (χ3v) is 3.80. The van der Waals surface area contributed by atoms with Gasteiger partial charge in [-0.3, -0.25) is 4.98 Å². The molecule has 3 heteroatoms. The maximum Gasteiger partial charge on any atom is 0.138 e. The molecule has 0 unspecified atom stereocenters. The van der Waals surface area contributed by atoms with Gasteiger partial charge in [0.15, 0.2) is 0 Å². The van der Waals surface area contributed by atoms with Gasteiger partial charge < -0.3 is 10.1 Å². The number of nitrogens with one attached hydrogen (secondary N) is 1. The van der Waals surface area contributed by atoms with Gasteiger partial charge in [0.1, 0.15) is 5.75 Å². The Morgan fingerprint density at radius 2 is 2.05 bits per heavy atom. The van der Waals surface area contributed by atoms with Crippen LogP contribution in [-0.2, 0) is 6.54 Å². The van der Waals surface area contributed by atoms with Gasteiger partial charge in [-0.05, 0) is 56.7 Å². The van der Waals surface area contributed by atoms with Crippen molar-refractivity contribution in [3.63, 3.8) is 0 Å². The zero-order valence-electron chi connectivity index (χ0n) is 12.2. The summed E-state index contributed by atoms with van der Waals surface area (Å²) < 4.78 is 6.00. The summed E-state index contributed by atoms with van der Waals surface area (Å²) in [6, 6.07) is 4.11. The monoisotopic (exact) mass is 262 g/mol. The molecule has 1 fully saturated rings. The Labute approximate surface area is 116 Å². The van der Waals surface area contributed by atoms with Crippen LogP contribution in [0.3, 0.4) is 0 Å². The Hall–Kier alpha value is -1.09. The third-order valence-electron chi connectivity index (χ3n) is 3.80. The van der Waals surface area contributed by atoms with Crippen molar-refractivity contribution in [2.45, 2.75) is 58.6 Å². The van der Waals surface area contributed by atoms with E-state index in [0.29, 0.717) is 6.10 Å². The van der Waals surface area contributed by atoms with Crippen LogP contribution in [0.15, 0.2) is 18.3 Å². The number of nitrogens with zero attached hydrogens (tertiary/aromatic N) is 1. The van der Waals surface area contributed by atoms with Crippen molar-refractivity contribution in [3.8, 4) is 5.75 Å². The van der Waals surface area contributed by atoms with E-state index in [9.17, 15) is 0 Å². The number of ether oxygens (including phenoxy) is 1. The predicted molar refractivity (Wildman–Crippen MR) is 78.3 cm³/mol. The summed E-state index contributed by atoms with van der Waals surface area (Å²) in [6.45, 7) is 6.38. The minimum atomic E-state index is 0.391. The molecule has 1 N–H and O–H groups in total. The number of hydrogen-bond acceptors (Lipinski definition) is 3. The summed E-state index contributed by atoms with van der Waals surface area (Å²) >= 11 is 0. The van der Waals surface area contributed by atoms with E-state index in [1.807, 2.05) is 12.3 Å². The molecule has 19 heavy (non-hydrogen) atoms. The standard InChI is InChI=1S/C16H26N2O/c1-3-10-17-11-14-6-9-16(12-18-14)19-15-7-4-13(2)5-8-15/h6,9,12-13,15,17H,3-5,7-8,10-11H2,1-2H3. The Morgan fingerprint density at radius 3 is 2.68 bits per heavy atom. The van der Waals surface area contributed by atoms with Crippen molar-refractivity contribution in [1.82, 2.24) is 10.3 Å². The fourth-order valence-electron chi connectivity index (χ4n) is 2.52. The van der Waals surface area contributed by atoms with E-state index in [-0.39, 0.29) is 0 Å². The van der Waals surface area contributed by atoms with Crippen LogP contribution in [0, 0.1) is 5.92 Å². The molecule has 0 spiro atoms. The highest BCUT2D eigenvalue weighted by Gasteiger charge is 2.19. The van der Waals surface area contributed by atoms with Gasteiger partial charge in [-0.1, -0.05) is 13.8 Å². The van der Waals surface area contributed by atoms with Crippen LogP contribution in [0.5, 0.6) is 5.75 Å². The lowest BCUT2D eigenvalue weighted by Gasteiger charge is -2.26. The summed E-state index contributed by atoms with van der Waals surface area (Å²) in [4.78, 5) is 4.44. The molecule has 1 aliphatic carbocycles. The molecule has 0 saturated heterocycles. The minimum Gasteiger partial charge on any atom is -0.489 e. The van der Waals surface area contributed by atoms with E-state index in [1.165, 1.54) is 25.7 Å². The van der Waals surface area contributed by atoms with Crippen LogP contribution < -0.4 is 10.1 Å². The lowest BCUT2D eigenvalue weighted by Crippen LogP contribution is -2.23. The fourth-order valence-corrected chi connectivity index (χ4v) is 2.52. The molecule has 1 saturated carbocycles. The van der Waals surface area contributed by atoms with Gasteiger partial charge in [-0.2, -0.15) is 0 Å². The van der Waals surface area contributed by atoms with Crippen molar-refractivity contribution < 1.29 is 4.74 Å². The first-order valence-electron chi connectivity index (χ1n) is 7.60. The van der Waals surface area contributed by atoms with Crippen LogP contribution in [-0.4, -0.2) is 17.6 Å². The summed E-state index contributed by atoms with van der Waals surface area (Å²) in [5.74, 6) is 1.78. The molecule has 0 aliphatic heterocycles. The molecule has 0 aromatic carbocycles. The Morgan fingerprint density at radius 1 is 1.26 bits per heavy atom. The molecule has 0 amide bonds. The first-order valence-corrected chi connectivity index (χ1v) is 7.60. The van der Waals surface area contributed by atoms with Crippen LogP contribution in [0.2, 0.25) is 0 Å². The van der Waals surface area contributed by atoms with Crippen molar-refractivity contribution >= 4 is 0 Å². The van der Waals surface area contributed by atoms with Crippen LogP contribution >= 0.6 is 0 Å². The average Bonchev–Trinajstić information content (AvgIpc) is 2.44. The first-order chi connectivity index (χ1) is 9.28. The van der Waals surface area contributed by atoms with Gasteiger partial charge in [0.05, 0.1) is 18.0 Å². The highest BCUT2D eigenvalue weighted by atomic mass is 16.5. The Bertz CT molecular complexity index is 356. The van der Waals surface area contributed by atoms with Crippen LogP contribution in [0.4, 0.5) is 0 Å². The second kappa shape index (κ2) is 7.49. The zero-order chi connectivity index (χ0) is 13.5. The quantitative estimate of drug-likeness (QED) is 0.796. The van der Waals surface area contributed by atoms with E-state index in [2.05, 4.69) is 30.2 Å². The minimum absolute atomic E-state index is 0.391. The first kappa shape index (κ1) is 14.3. The van der Waals surface area contributed by atoms with Gasteiger partial charge in [0.25, 0.3) is 0 Å². The molecule has 1 aromatic rings. The van der Waals surface area contributed by atoms with Gasteiger partial charge in [0.2, 0.25) is 0 Å². The number of hydrogen-bond donors (Lipinski definition) is 1. The molecule has 1 aliphatic rings. The second-order valence-corrected chi connectivity index (χ2v) is 5.66. The van der Waals surface area contributed by atoms with Crippen molar-refractivity contribution in [2.75, 3.05) is 6.54 Å². The molecule has 1 heterocycles. The Kier molecular flexibility index (Phi) is 5.64. The molecular formula is C16H26N2O. The van der Waals surface area contributed by atoms with E-state index >= 15 is 0 Å². The average molecular weight is 262 g/mol. The van der Waals surface area contributed by atoms with E-state index < -0.39 is 0 Å². The molecule has 0 bridgehead atoms. The van der Waals surface area contributed by atoms with Gasteiger partial charge in [0, 0.05) is 6.54 Å². The summed E-state index contributed by atoms with van der Waals surface area (Å²) in [6.07, 6.45) is 8.35. The molecule has 0 atom stereocenters. The van der Waals surface area contributed by atoms with E-state index in [1.54, 1.807) is 0 Å². The summed E-state index contributed by atoms with van der Waals surface area (Å²) in [5.41, 5.74) is 1.08. The van der Waals surface area contributed by atoms with Crippen molar-refractivity contribution in [2.24, 2.45) is 5.92 Å². The SMILES string of the molecule is CCCNCc1ccc(OC2CCC(C)CC2)cn1. The topological polar surface area (TPSA) is 34.1 Å². The van der Waals surface area contributed by atoms with E-state index in [0.717, 1.165) is 36.9 Å². The van der Waals surface area contributed by atoms with Gasteiger partial charge in [-0.15, -0.1) is 0 Å². The smallest absolute Gasteiger partial charge is 0.138 e. The van der Waals surface area contributed by atoms with Crippen molar-refractivity contribution in [3.05, 3.63) is 24.0 Å². The van der Waals surface area contributed by atoms with Crippen molar-refractivity contribution in [1.29, 1.82) is 0 Å². The van der Waals surface area contributed by atoms with Crippen LogP contribution in [0.1, 0.15) is 51.6 Å². The highest BCUT2D eigenvalue weighted by Crippen LogP contribution is 2.26. The molecule has 1 aromatic heterocycles. The fraction of sp³-hybridized carbons (Fsp3) is 0.688. The lowest BCUT2D eigenvalue weighted by molar-refractivity contribution is 0.135. The summed E-state index contributed by atoms with van der Waals surface area (Å²) in [7, 11) is 0. The lowest BCUT2D eigenvalue weighted by atomic mass is 9.89. The second-order valence-electron chi connectivity index (χ2n) is 5.66. The maximum absolute atomic E-state index is 6.00. The molecule has 2 rings (SSSR count). The Balaban J connectivity index is 1.78. The van der Waals surface area contributed by atoms with Gasteiger partial charge in [-0.25, -0.2) is 0 Å². The molecule has 3 nitrogen and oxygen atoms in total. The third kappa shape index (κ3) is 4.83.